The fraction of sp³-hybridized carbons (Fsp3) is 0.250. The van der Waals surface area contributed by atoms with Gasteiger partial charge in [0.1, 0.15) is 11.1 Å². The normalized spacial score (nSPS) is 14.2. The van der Waals surface area contributed by atoms with Crippen LogP contribution in [0, 0.1) is 0 Å². The van der Waals surface area contributed by atoms with Gasteiger partial charge in [-0.25, -0.2) is 0 Å². The van der Waals surface area contributed by atoms with Crippen molar-refractivity contribution in [2.75, 3.05) is 0 Å². The van der Waals surface area contributed by atoms with Gasteiger partial charge in [0.2, 0.25) is 3.79 Å². The number of phenols is 1. The molecule has 0 aliphatic heterocycles. The molecule has 0 aliphatic carbocycles. The van der Waals surface area contributed by atoms with Gasteiger partial charge in [-0.05, 0) is 6.07 Å². The molecular formula is C8H6Cl4O. The van der Waals surface area contributed by atoms with Gasteiger partial charge >= 0.3 is 0 Å². The summed E-state index contributed by atoms with van der Waals surface area (Å²) in [5, 5.41) is 8.52. The highest BCUT2D eigenvalue weighted by molar-refractivity contribution is 6.70. The fourth-order valence-electron chi connectivity index (χ4n) is 0.878. The monoisotopic (exact) mass is 258 g/mol. The maximum Gasteiger partial charge on any atom is 0.210 e. The van der Waals surface area contributed by atoms with E-state index in [-0.39, 0.29) is 5.75 Å². The first-order valence-electron chi connectivity index (χ1n) is 3.41. The molecule has 0 spiro atoms. The standard InChI is InChI=1S/C8H6Cl4O/c9-7(8(10,11)12)5-3-1-2-4-6(5)13/h1-4,7,13H. The lowest BCUT2D eigenvalue weighted by Gasteiger charge is -2.18. The van der Waals surface area contributed by atoms with E-state index in [2.05, 4.69) is 0 Å². The molecule has 1 nitrogen and oxygen atoms in total. The maximum atomic E-state index is 9.38. The zero-order valence-corrected chi connectivity index (χ0v) is 9.37. The molecule has 0 heterocycles. The molecule has 0 saturated carbocycles. The quantitative estimate of drug-likeness (QED) is 0.755. The molecule has 0 radical (unpaired) electrons. The summed E-state index contributed by atoms with van der Waals surface area (Å²) in [6.07, 6.45) is 0. The van der Waals surface area contributed by atoms with Crippen LogP contribution < -0.4 is 0 Å². The second-order valence-corrected chi connectivity index (χ2v) is 5.27. The molecule has 1 rings (SSSR count). The van der Waals surface area contributed by atoms with Crippen molar-refractivity contribution in [3.8, 4) is 5.75 Å². The number of halogens is 4. The second kappa shape index (κ2) is 4.14. The average Bonchev–Trinajstić information content (AvgIpc) is 2.02. The summed E-state index contributed by atoms with van der Waals surface area (Å²) in [5.41, 5.74) is 0.407. The van der Waals surface area contributed by atoms with E-state index in [4.69, 9.17) is 46.4 Å². The molecule has 0 fully saturated rings. The van der Waals surface area contributed by atoms with Crippen LogP contribution in [-0.2, 0) is 0 Å². The third-order valence-corrected chi connectivity index (χ3v) is 3.05. The summed E-state index contributed by atoms with van der Waals surface area (Å²) in [6, 6.07) is 6.47. The summed E-state index contributed by atoms with van der Waals surface area (Å²) in [7, 11) is 0. The molecule has 72 valence electrons. The van der Waals surface area contributed by atoms with E-state index < -0.39 is 9.17 Å². The zero-order valence-electron chi connectivity index (χ0n) is 6.35. The van der Waals surface area contributed by atoms with E-state index in [0.29, 0.717) is 5.56 Å². The Morgan fingerprint density at radius 2 is 1.69 bits per heavy atom. The molecule has 1 atom stereocenters. The second-order valence-electron chi connectivity index (χ2n) is 2.46. The van der Waals surface area contributed by atoms with Crippen molar-refractivity contribution in [3.05, 3.63) is 29.8 Å². The predicted molar refractivity (Wildman–Crippen MR) is 57.0 cm³/mol. The van der Waals surface area contributed by atoms with Crippen molar-refractivity contribution in [3.63, 3.8) is 0 Å². The Balaban J connectivity index is 3.02. The lowest BCUT2D eigenvalue weighted by molar-refractivity contribution is 0.467. The van der Waals surface area contributed by atoms with Crippen LogP contribution in [0.15, 0.2) is 24.3 Å². The van der Waals surface area contributed by atoms with E-state index in [1.165, 1.54) is 6.07 Å². The van der Waals surface area contributed by atoms with Gasteiger partial charge in [-0.2, -0.15) is 0 Å². The maximum absolute atomic E-state index is 9.38. The van der Waals surface area contributed by atoms with Gasteiger partial charge in [-0.15, -0.1) is 11.6 Å². The van der Waals surface area contributed by atoms with Crippen molar-refractivity contribution in [2.45, 2.75) is 9.17 Å². The Labute approximate surface area is 96.2 Å². The molecule has 0 aromatic heterocycles. The smallest absolute Gasteiger partial charge is 0.210 e. The Bertz CT molecular complexity index is 294. The van der Waals surface area contributed by atoms with Gasteiger partial charge in [-0.1, -0.05) is 53.0 Å². The molecule has 0 saturated heterocycles. The summed E-state index contributed by atoms with van der Waals surface area (Å²) in [4.78, 5) is 0. The average molecular weight is 260 g/mol. The van der Waals surface area contributed by atoms with Gasteiger partial charge < -0.3 is 5.11 Å². The van der Waals surface area contributed by atoms with Crippen LogP contribution >= 0.6 is 46.4 Å². The van der Waals surface area contributed by atoms with Crippen LogP contribution in [0.2, 0.25) is 0 Å². The van der Waals surface area contributed by atoms with Gasteiger partial charge in [0.05, 0.1) is 0 Å². The highest BCUT2D eigenvalue weighted by Gasteiger charge is 2.33. The number of para-hydroxylation sites is 1. The van der Waals surface area contributed by atoms with Crippen LogP contribution in [0.3, 0.4) is 0 Å². The van der Waals surface area contributed by atoms with E-state index in [1.54, 1.807) is 18.2 Å². The number of alkyl halides is 4. The van der Waals surface area contributed by atoms with Crippen molar-refractivity contribution in [1.82, 2.24) is 0 Å². The minimum atomic E-state index is -1.62. The van der Waals surface area contributed by atoms with Crippen molar-refractivity contribution in [2.24, 2.45) is 0 Å². The van der Waals surface area contributed by atoms with Crippen LogP contribution in [-0.4, -0.2) is 8.90 Å². The molecule has 1 unspecified atom stereocenters. The first-order chi connectivity index (χ1) is 5.93. The molecule has 0 amide bonds. The van der Waals surface area contributed by atoms with E-state index in [0.717, 1.165) is 0 Å². The molecule has 1 N–H and O–H groups in total. The van der Waals surface area contributed by atoms with Crippen molar-refractivity contribution >= 4 is 46.4 Å². The van der Waals surface area contributed by atoms with E-state index >= 15 is 0 Å². The van der Waals surface area contributed by atoms with Crippen LogP contribution in [0.1, 0.15) is 10.9 Å². The van der Waals surface area contributed by atoms with E-state index in [9.17, 15) is 5.11 Å². The van der Waals surface area contributed by atoms with Crippen LogP contribution in [0.5, 0.6) is 5.75 Å². The van der Waals surface area contributed by atoms with Gasteiger partial charge in [0.15, 0.2) is 0 Å². The Morgan fingerprint density at radius 1 is 1.15 bits per heavy atom. The number of rotatable bonds is 1. The van der Waals surface area contributed by atoms with Crippen LogP contribution in [0.4, 0.5) is 0 Å². The first kappa shape index (κ1) is 11.3. The largest absolute Gasteiger partial charge is 0.508 e. The number of aromatic hydroxyl groups is 1. The third-order valence-electron chi connectivity index (χ3n) is 1.50. The zero-order chi connectivity index (χ0) is 10.1. The Kier molecular flexibility index (Phi) is 3.58. The van der Waals surface area contributed by atoms with Gasteiger partial charge in [0, 0.05) is 5.56 Å². The predicted octanol–water partition coefficient (Wildman–Crippen LogP) is 4.04. The summed E-state index contributed by atoms with van der Waals surface area (Å²) >= 11 is 22.6. The third kappa shape index (κ3) is 2.81. The minimum absolute atomic E-state index is 0.0221. The minimum Gasteiger partial charge on any atom is -0.508 e. The lowest BCUT2D eigenvalue weighted by atomic mass is 10.1. The summed E-state index contributed by atoms with van der Waals surface area (Å²) in [5.74, 6) is 0.0221. The van der Waals surface area contributed by atoms with Crippen molar-refractivity contribution < 1.29 is 5.11 Å². The Hall–Kier alpha value is 0.180. The summed E-state index contributed by atoms with van der Waals surface area (Å²) in [6.45, 7) is 0. The van der Waals surface area contributed by atoms with E-state index in [1.807, 2.05) is 0 Å². The Morgan fingerprint density at radius 3 is 2.15 bits per heavy atom. The van der Waals surface area contributed by atoms with Crippen molar-refractivity contribution in [1.29, 1.82) is 0 Å². The molecule has 0 aliphatic rings. The molecule has 5 heteroatoms. The number of benzene rings is 1. The molecule has 0 bridgehead atoms. The number of hydrogen-bond donors (Lipinski definition) is 1. The first-order valence-corrected chi connectivity index (χ1v) is 4.98. The topological polar surface area (TPSA) is 20.2 Å². The number of hydrogen-bond acceptors (Lipinski definition) is 1. The SMILES string of the molecule is Oc1ccccc1C(Cl)C(Cl)(Cl)Cl. The van der Waals surface area contributed by atoms with Gasteiger partial charge in [0.25, 0.3) is 0 Å². The fourth-order valence-corrected chi connectivity index (χ4v) is 1.42. The molecule has 1 aromatic rings. The number of phenolic OH excluding ortho intramolecular Hbond substituents is 1. The molecule has 13 heavy (non-hydrogen) atoms. The highest BCUT2D eigenvalue weighted by atomic mass is 35.6. The molecule has 1 aromatic carbocycles. The molecular weight excluding hydrogens is 254 g/mol. The van der Waals surface area contributed by atoms with Gasteiger partial charge in [-0.3, -0.25) is 0 Å². The summed E-state index contributed by atoms with van der Waals surface area (Å²) < 4.78 is -1.62. The highest BCUT2D eigenvalue weighted by Crippen LogP contribution is 2.46. The lowest BCUT2D eigenvalue weighted by Crippen LogP contribution is -2.11. The van der Waals surface area contributed by atoms with Crippen LogP contribution in [0.25, 0.3) is 0 Å².